The van der Waals surface area contributed by atoms with Gasteiger partial charge in [-0.25, -0.2) is 0 Å². The first-order valence-corrected chi connectivity index (χ1v) is 5.50. The van der Waals surface area contributed by atoms with Crippen molar-refractivity contribution >= 4 is 0 Å². The van der Waals surface area contributed by atoms with Gasteiger partial charge in [0.2, 0.25) is 0 Å². The van der Waals surface area contributed by atoms with Crippen LogP contribution >= 0.6 is 0 Å². The molecular formula is C12H25NO. The summed E-state index contributed by atoms with van der Waals surface area (Å²) in [6.45, 7) is 13.0. The van der Waals surface area contributed by atoms with Crippen LogP contribution in [-0.2, 0) is 4.74 Å². The summed E-state index contributed by atoms with van der Waals surface area (Å²) in [6.07, 6.45) is 5.17. The van der Waals surface area contributed by atoms with Crippen molar-refractivity contribution in [3.63, 3.8) is 0 Å². The lowest BCUT2D eigenvalue weighted by atomic mass is 10.1. The second-order valence-corrected chi connectivity index (χ2v) is 4.57. The topological polar surface area (TPSA) is 21.3 Å². The summed E-state index contributed by atoms with van der Waals surface area (Å²) >= 11 is 0. The number of hydrogen-bond donors (Lipinski definition) is 1. The minimum absolute atomic E-state index is 0.240. The highest BCUT2D eigenvalue weighted by Crippen LogP contribution is 1.99. The molecule has 2 nitrogen and oxygen atoms in total. The molecule has 14 heavy (non-hydrogen) atoms. The van der Waals surface area contributed by atoms with Crippen LogP contribution in [0, 0.1) is 0 Å². The summed E-state index contributed by atoms with van der Waals surface area (Å²) in [7, 11) is 0. The maximum absolute atomic E-state index is 5.41. The smallest absolute Gasteiger partial charge is 0.0500 e. The van der Waals surface area contributed by atoms with Crippen molar-refractivity contribution < 1.29 is 4.74 Å². The van der Waals surface area contributed by atoms with Crippen LogP contribution in [0.25, 0.3) is 0 Å². The normalized spacial score (nSPS) is 11.6. The summed E-state index contributed by atoms with van der Waals surface area (Å²) in [5.41, 5.74) is 0.240. The van der Waals surface area contributed by atoms with Gasteiger partial charge in [-0.15, -0.1) is 6.58 Å². The Balaban J connectivity index is 3.03. The molecule has 0 amide bonds. The van der Waals surface area contributed by atoms with Gasteiger partial charge in [0.1, 0.15) is 0 Å². The average Bonchev–Trinajstić information content (AvgIpc) is 2.08. The third-order valence-electron chi connectivity index (χ3n) is 1.84. The highest BCUT2D eigenvalue weighted by atomic mass is 16.5. The molecule has 0 aromatic carbocycles. The lowest BCUT2D eigenvalue weighted by Gasteiger charge is -2.20. The fourth-order valence-electron chi connectivity index (χ4n) is 1.06. The fourth-order valence-corrected chi connectivity index (χ4v) is 1.06. The van der Waals surface area contributed by atoms with Crippen LogP contribution in [0.3, 0.4) is 0 Å². The maximum atomic E-state index is 5.41. The van der Waals surface area contributed by atoms with Crippen molar-refractivity contribution in [1.29, 1.82) is 0 Å². The van der Waals surface area contributed by atoms with Crippen molar-refractivity contribution in [3.05, 3.63) is 12.7 Å². The van der Waals surface area contributed by atoms with E-state index >= 15 is 0 Å². The quantitative estimate of drug-likeness (QED) is 0.479. The van der Waals surface area contributed by atoms with Crippen LogP contribution in [0.1, 0.15) is 40.0 Å². The number of hydrogen-bond acceptors (Lipinski definition) is 2. The fraction of sp³-hybridized carbons (Fsp3) is 0.833. The minimum Gasteiger partial charge on any atom is -0.381 e. The number of nitrogens with one attached hydrogen (secondary N) is 1. The van der Waals surface area contributed by atoms with E-state index in [9.17, 15) is 0 Å². The van der Waals surface area contributed by atoms with Gasteiger partial charge in [0.15, 0.2) is 0 Å². The summed E-state index contributed by atoms with van der Waals surface area (Å²) in [5, 5.41) is 3.45. The average molecular weight is 199 g/mol. The molecule has 0 fully saturated rings. The van der Waals surface area contributed by atoms with Gasteiger partial charge in [0, 0.05) is 18.8 Å². The second-order valence-electron chi connectivity index (χ2n) is 4.57. The molecule has 0 aliphatic carbocycles. The first kappa shape index (κ1) is 13.7. The molecule has 0 aromatic rings. The number of ether oxygens (including phenoxy) is 1. The van der Waals surface area contributed by atoms with Crippen LogP contribution in [-0.4, -0.2) is 25.3 Å². The summed E-state index contributed by atoms with van der Waals surface area (Å²) in [6, 6.07) is 0. The van der Waals surface area contributed by atoms with Gasteiger partial charge in [-0.1, -0.05) is 6.08 Å². The van der Waals surface area contributed by atoms with E-state index in [2.05, 4.69) is 32.7 Å². The number of rotatable bonds is 8. The van der Waals surface area contributed by atoms with Gasteiger partial charge >= 0.3 is 0 Å². The third kappa shape index (κ3) is 11.7. The van der Waals surface area contributed by atoms with Crippen LogP contribution in [0.5, 0.6) is 0 Å². The molecule has 0 radical (unpaired) electrons. The second kappa shape index (κ2) is 8.01. The van der Waals surface area contributed by atoms with Crippen LogP contribution in [0.2, 0.25) is 0 Å². The first-order valence-electron chi connectivity index (χ1n) is 5.50. The molecule has 0 rings (SSSR count). The number of unbranched alkanes of at least 4 members (excludes halogenated alkanes) is 1. The van der Waals surface area contributed by atoms with Gasteiger partial charge in [0.05, 0.1) is 0 Å². The van der Waals surface area contributed by atoms with Gasteiger partial charge in [-0.2, -0.15) is 0 Å². The molecule has 1 N–H and O–H groups in total. The standard InChI is InChI=1S/C12H25NO/c1-5-6-10-14-11-8-7-9-13-12(2,3)4/h5,13H,1,6-11H2,2-4H3. The Morgan fingerprint density at radius 3 is 2.50 bits per heavy atom. The van der Waals surface area contributed by atoms with Crippen LogP contribution in [0.15, 0.2) is 12.7 Å². The molecule has 0 unspecified atom stereocenters. The molecule has 0 spiro atoms. The molecule has 0 aromatic heterocycles. The Morgan fingerprint density at radius 1 is 1.21 bits per heavy atom. The predicted octanol–water partition coefficient (Wildman–Crippen LogP) is 2.75. The van der Waals surface area contributed by atoms with Gasteiger partial charge in [-0.3, -0.25) is 0 Å². The van der Waals surface area contributed by atoms with E-state index in [1.807, 2.05) is 6.08 Å². The Bertz CT molecular complexity index is 138. The SMILES string of the molecule is C=CCCOCCCCNC(C)(C)C. The van der Waals surface area contributed by atoms with E-state index in [-0.39, 0.29) is 5.54 Å². The molecular weight excluding hydrogens is 174 g/mol. The Morgan fingerprint density at radius 2 is 1.93 bits per heavy atom. The Kier molecular flexibility index (Phi) is 7.81. The molecule has 0 atom stereocenters. The largest absolute Gasteiger partial charge is 0.381 e. The minimum atomic E-state index is 0.240. The van der Waals surface area contributed by atoms with E-state index in [1.54, 1.807) is 0 Å². The summed E-state index contributed by atoms with van der Waals surface area (Å²) < 4.78 is 5.41. The lowest BCUT2D eigenvalue weighted by Crippen LogP contribution is -2.36. The zero-order valence-corrected chi connectivity index (χ0v) is 9.94. The third-order valence-corrected chi connectivity index (χ3v) is 1.84. The molecule has 0 bridgehead atoms. The van der Waals surface area contributed by atoms with E-state index in [0.717, 1.165) is 32.6 Å². The maximum Gasteiger partial charge on any atom is 0.0500 e. The van der Waals surface area contributed by atoms with Crippen molar-refractivity contribution in [3.8, 4) is 0 Å². The molecule has 84 valence electrons. The summed E-state index contributed by atoms with van der Waals surface area (Å²) in [5.74, 6) is 0. The zero-order chi connectivity index (χ0) is 10.9. The van der Waals surface area contributed by atoms with Crippen LogP contribution < -0.4 is 5.32 Å². The van der Waals surface area contributed by atoms with Gasteiger partial charge in [0.25, 0.3) is 0 Å². The Hall–Kier alpha value is -0.340. The molecule has 2 heteroatoms. The van der Waals surface area contributed by atoms with Crippen molar-refractivity contribution in [2.45, 2.75) is 45.6 Å². The van der Waals surface area contributed by atoms with E-state index < -0.39 is 0 Å². The Labute approximate surface area is 88.7 Å². The van der Waals surface area contributed by atoms with E-state index in [0.29, 0.717) is 0 Å². The van der Waals surface area contributed by atoms with E-state index in [4.69, 9.17) is 4.74 Å². The monoisotopic (exact) mass is 199 g/mol. The first-order chi connectivity index (χ1) is 6.56. The summed E-state index contributed by atoms with van der Waals surface area (Å²) in [4.78, 5) is 0. The van der Waals surface area contributed by atoms with Crippen molar-refractivity contribution in [2.24, 2.45) is 0 Å². The van der Waals surface area contributed by atoms with Crippen molar-refractivity contribution in [1.82, 2.24) is 5.32 Å². The highest BCUT2D eigenvalue weighted by Gasteiger charge is 2.06. The molecule has 0 aliphatic heterocycles. The zero-order valence-electron chi connectivity index (χ0n) is 9.94. The van der Waals surface area contributed by atoms with E-state index in [1.165, 1.54) is 6.42 Å². The van der Waals surface area contributed by atoms with Crippen molar-refractivity contribution in [2.75, 3.05) is 19.8 Å². The van der Waals surface area contributed by atoms with Gasteiger partial charge < -0.3 is 10.1 Å². The van der Waals surface area contributed by atoms with Gasteiger partial charge in [-0.05, 0) is 46.6 Å². The molecule has 0 saturated carbocycles. The lowest BCUT2D eigenvalue weighted by molar-refractivity contribution is 0.134. The predicted molar refractivity (Wildman–Crippen MR) is 62.6 cm³/mol. The molecule has 0 saturated heterocycles. The van der Waals surface area contributed by atoms with Crippen LogP contribution in [0.4, 0.5) is 0 Å². The molecule has 0 heterocycles. The molecule has 0 aliphatic rings. The highest BCUT2D eigenvalue weighted by molar-refractivity contribution is 4.69.